The van der Waals surface area contributed by atoms with Crippen LogP contribution in [0.5, 0.6) is 0 Å². The van der Waals surface area contributed by atoms with Gasteiger partial charge in [0, 0.05) is 23.1 Å². The first-order valence-corrected chi connectivity index (χ1v) is 6.40. The number of carbonyl (C=O) groups excluding carboxylic acids is 1. The number of nitrogens with zero attached hydrogens (tertiary/aromatic N) is 1. The second-order valence-corrected chi connectivity index (χ2v) is 4.63. The lowest BCUT2D eigenvalue weighted by Gasteiger charge is -2.01. The average Bonchev–Trinajstić information content (AvgIpc) is 2.47. The van der Waals surface area contributed by atoms with Gasteiger partial charge in [-0.1, -0.05) is 24.3 Å². The van der Waals surface area contributed by atoms with E-state index in [1.807, 2.05) is 47.2 Å². The van der Waals surface area contributed by atoms with Crippen LogP contribution in [0.1, 0.15) is 10.4 Å². The minimum absolute atomic E-state index is 0.106. The normalized spacial score (nSPS) is 10.7. The fourth-order valence-corrected chi connectivity index (χ4v) is 2.27. The molecule has 0 amide bonds. The number of para-hydroxylation sites is 1. The van der Waals surface area contributed by atoms with Gasteiger partial charge >= 0.3 is 0 Å². The maximum atomic E-state index is 13.2. The lowest BCUT2D eigenvalue weighted by atomic mass is 10.1. The van der Waals surface area contributed by atoms with Gasteiger partial charge in [0.1, 0.15) is 5.82 Å². The Hall–Kier alpha value is -2.55. The molecule has 0 spiro atoms. The molecule has 98 valence electrons. The lowest BCUT2D eigenvalue weighted by molar-refractivity contribution is -0.657. The molecule has 20 heavy (non-hydrogen) atoms. The van der Waals surface area contributed by atoms with Crippen LogP contribution in [-0.4, -0.2) is 5.78 Å². The second-order valence-electron chi connectivity index (χ2n) is 4.63. The van der Waals surface area contributed by atoms with E-state index in [2.05, 4.69) is 0 Å². The zero-order valence-electron chi connectivity index (χ0n) is 10.8. The van der Waals surface area contributed by atoms with Gasteiger partial charge in [-0.05, 0) is 24.3 Å². The van der Waals surface area contributed by atoms with Crippen molar-refractivity contribution in [3.63, 3.8) is 0 Å². The number of ketones is 1. The van der Waals surface area contributed by atoms with E-state index in [-0.39, 0.29) is 12.3 Å². The molecule has 0 saturated carbocycles. The fraction of sp³-hybridized carbons (Fsp3) is 0.0588. The van der Waals surface area contributed by atoms with Gasteiger partial charge < -0.3 is 0 Å². The second kappa shape index (κ2) is 5.21. The molecule has 0 unspecified atom stereocenters. The number of hydrogen-bond donors (Lipinski definition) is 0. The number of halogens is 1. The molecule has 0 aliphatic heterocycles. The van der Waals surface area contributed by atoms with Crippen molar-refractivity contribution < 1.29 is 13.8 Å². The van der Waals surface area contributed by atoms with Crippen molar-refractivity contribution in [3.05, 3.63) is 78.2 Å². The summed E-state index contributed by atoms with van der Waals surface area (Å²) in [5, 5.41) is 1.07. The standard InChI is InChI=1S/C17H13FNO/c18-15-8-3-6-14(11-15)17(20)12-19-10-4-7-13-5-1-2-9-16(13)19/h1-11H,12H2/q+1. The number of carbonyl (C=O) groups is 1. The maximum Gasteiger partial charge on any atom is 0.227 e. The smallest absolute Gasteiger partial charge is 0.227 e. The lowest BCUT2D eigenvalue weighted by Crippen LogP contribution is -2.38. The Labute approximate surface area is 116 Å². The molecular weight excluding hydrogens is 253 g/mol. The summed E-state index contributed by atoms with van der Waals surface area (Å²) in [4.78, 5) is 12.2. The quantitative estimate of drug-likeness (QED) is 0.527. The van der Waals surface area contributed by atoms with Crippen molar-refractivity contribution in [1.29, 1.82) is 0 Å². The van der Waals surface area contributed by atoms with Gasteiger partial charge in [-0.25, -0.2) is 4.39 Å². The summed E-state index contributed by atoms with van der Waals surface area (Å²) < 4.78 is 15.0. The highest BCUT2D eigenvalue weighted by Gasteiger charge is 2.15. The third kappa shape index (κ3) is 2.43. The van der Waals surface area contributed by atoms with E-state index in [4.69, 9.17) is 0 Å². The third-order valence-electron chi connectivity index (χ3n) is 3.25. The minimum Gasteiger partial charge on any atom is -0.287 e. The minimum atomic E-state index is -0.390. The maximum absolute atomic E-state index is 13.2. The Morgan fingerprint density at radius 1 is 1.00 bits per heavy atom. The number of Topliss-reactive ketones (excluding diaryl/α,β-unsaturated/α-hetero) is 1. The molecule has 0 bridgehead atoms. The van der Waals surface area contributed by atoms with Crippen molar-refractivity contribution in [3.8, 4) is 0 Å². The van der Waals surface area contributed by atoms with Gasteiger partial charge in [-0.2, -0.15) is 4.57 Å². The highest BCUT2D eigenvalue weighted by molar-refractivity contribution is 5.95. The summed E-state index contributed by atoms with van der Waals surface area (Å²) in [6.07, 6.45) is 1.86. The van der Waals surface area contributed by atoms with E-state index in [0.29, 0.717) is 5.56 Å². The van der Waals surface area contributed by atoms with Crippen LogP contribution >= 0.6 is 0 Å². The van der Waals surface area contributed by atoms with Gasteiger partial charge in [0.25, 0.3) is 0 Å². The number of fused-ring (bicyclic) bond motifs is 1. The summed E-state index contributed by atoms with van der Waals surface area (Å²) in [5.41, 5.74) is 1.38. The number of hydrogen-bond acceptors (Lipinski definition) is 1. The van der Waals surface area contributed by atoms with Crippen LogP contribution in [0.2, 0.25) is 0 Å². The molecule has 1 heterocycles. The summed E-state index contributed by atoms with van der Waals surface area (Å²) in [5.74, 6) is -0.496. The van der Waals surface area contributed by atoms with Crippen molar-refractivity contribution >= 4 is 16.7 Å². The molecule has 0 fully saturated rings. The Morgan fingerprint density at radius 3 is 2.65 bits per heavy atom. The van der Waals surface area contributed by atoms with Crippen LogP contribution in [0.4, 0.5) is 4.39 Å². The molecule has 0 N–H and O–H groups in total. The van der Waals surface area contributed by atoms with Crippen LogP contribution in [0.15, 0.2) is 66.9 Å². The van der Waals surface area contributed by atoms with Crippen molar-refractivity contribution in [1.82, 2.24) is 0 Å². The fourth-order valence-electron chi connectivity index (χ4n) is 2.27. The topological polar surface area (TPSA) is 20.9 Å². The first kappa shape index (κ1) is 12.5. The predicted molar refractivity (Wildman–Crippen MR) is 74.9 cm³/mol. The highest BCUT2D eigenvalue weighted by atomic mass is 19.1. The molecule has 0 radical (unpaired) electrons. The van der Waals surface area contributed by atoms with Crippen LogP contribution in [0.3, 0.4) is 0 Å². The Balaban J connectivity index is 1.95. The van der Waals surface area contributed by atoms with E-state index in [1.165, 1.54) is 12.1 Å². The number of pyridine rings is 1. The molecule has 0 aliphatic carbocycles. The SMILES string of the molecule is O=C(C[n+]1cccc2ccccc21)c1cccc(F)c1. The van der Waals surface area contributed by atoms with Crippen molar-refractivity contribution in [2.45, 2.75) is 6.54 Å². The molecule has 3 aromatic rings. The van der Waals surface area contributed by atoms with Crippen LogP contribution < -0.4 is 4.57 Å². The molecule has 3 rings (SSSR count). The third-order valence-corrected chi connectivity index (χ3v) is 3.25. The summed E-state index contributed by atoms with van der Waals surface area (Å²) >= 11 is 0. The van der Waals surface area contributed by atoms with Gasteiger partial charge in [0.05, 0.1) is 0 Å². The number of benzene rings is 2. The first-order valence-electron chi connectivity index (χ1n) is 6.40. The first-order chi connectivity index (χ1) is 9.74. The predicted octanol–water partition coefficient (Wildman–Crippen LogP) is 3.15. The summed E-state index contributed by atoms with van der Waals surface area (Å²) in [7, 11) is 0. The highest BCUT2D eigenvalue weighted by Crippen LogP contribution is 2.09. The molecule has 0 saturated heterocycles. The average molecular weight is 266 g/mol. The Kier molecular flexibility index (Phi) is 3.25. The van der Waals surface area contributed by atoms with E-state index >= 15 is 0 Å². The monoisotopic (exact) mass is 266 g/mol. The van der Waals surface area contributed by atoms with E-state index in [0.717, 1.165) is 10.9 Å². The van der Waals surface area contributed by atoms with Gasteiger partial charge in [-0.15, -0.1) is 0 Å². The molecule has 0 aliphatic rings. The molecule has 0 atom stereocenters. The van der Waals surface area contributed by atoms with Gasteiger partial charge in [0.2, 0.25) is 17.8 Å². The van der Waals surface area contributed by atoms with E-state index in [1.54, 1.807) is 12.1 Å². The van der Waals surface area contributed by atoms with Gasteiger partial charge in [0.15, 0.2) is 6.20 Å². The molecule has 2 aromatic carbocycles. The Morgan fingerprint density at radius 2 is 1.80 bits per heavy atom. The van der Waals surface area contributed by atoms with E-state index in [9.17, 15) is 9.18 Å². The zero-order valence-corrected chi connectivity index (χ0v) is 10.8. The van der Waals surface area contributed by atoms with Gasteiger partial charge in [-0.3, -0.25) is 4.79 Å². The largest absolute Gasteiger partial charge is 0.287 e. The molecule has 1 aromatic heterocycles. The summed E-state index contributed by atoms with van der Waals surface area (Å²) in [6.45, 7) is 0.199. The molecular formula is C17H13FNO+. The number of aromatic nitrogens is 1. The molecule has 3 heteroatoms. The van der Waals surface area contributed by atoms with Crippen LogP contribution in [0, 0.1) is 5.82 Å². The Bertz CT molecular complexity index is 777. The van der Waals surface area contributed by atoms with Crippen LogP contribution in [-0.2, 0) is 6.54 Å². The summed E-state index contributed by atoms with van der Waals surface area (Å²) in [6, 6.07) is 17.6. The van der Waals surface area contributed by atoms with E-state index < -0.39 is 5.82 Å². The van der Waals surface area contributed by atoms with Crippen molar-refractivity contribution in [2.24, 2.45) is 0 Å². The zero-order chi connectivity index (χ0) is 13.9. The van der Waals surface area contributed by atoms with Crippen molar-refractivity contribution in [2.75, 3.05) is 0 Å². The van der Waals surface area contributed by atoms with Crippen LogP contribution in [0.25, 0.3) is 10.9 Å². The number of rotatable bonds is 3. The molecule has 2 nitrogen and oxygen atoms in total.